The second kappa shape index (κ2) is 4.96. The molecule has 0 saturated carbocycles. The highest BCUT2D eigenvalue weighted by molar-refractivity contribution is 8.05. The fraction of sp³-hybridized carbons (Fsp3) is 0. The SMILES string of the molecule is O=C(O)C(=O)c1ccc2c(c1)Sc1cc(F)ccc1S2. The normalized spacial score (nSPS) is 12.4. The average molecular weight is 306 g/mol. The molecule has 0 fully saturated rings. The molecule has 0 unspecified atom stereocenters. The van der Waals surface area contributed by atoms with E-state index in [2.05, 4.69) is 0 Å². The molecule has 0 saturated heterocycles. The van der Waals surface area contributed by atoms with Crippen LogP contribution in [-0.2, 0) is 4.79 Å². The van der Waals surface area contributed by atoms with Crippen molar-refractivity contribution in [2.45, 2.75) is 19.6 Å². The van der Waals surface area contributed by atoms with Crippen molar-refractivity contribution in [2.24, 2.45) is 0 Å². The van der Waals surface area contributed by atoms with Crippen LogP contribution in [0.5, 0.6) is 0 Å². The van der Waals surface area contributed by atoms with Crippen LogP contribution in [0.25, 0.3) is 0 Å². The number of aliphatic carboxylic acids is 1. The first-order chi connectivity index (χ1) is 9.54. The Morgan fingerprint density at radius 1 is 0.900 bits per heavy atom. The van der Waals surface area contributed by atoms with Gasteiger partial charge in [0.05, 0.1) is 0 Å². The minimum atomic E-state index is -1.48. The number of benzene rings is 2. The van der Waals surface area contributed by atoms with Crippen molar-refractivity contribution in [3.8, 4) is 0 Å². The maximum Gasteiger partial charge on any atom is 0.377 e. The molecule has 2 aromatic carbocycles. The van der Waals surface area contributed by atoms with Gasteiger partial charge in [-0.05, 0) is 36.4 Å². The van der Waals surface area contributed by atoms with Crippen LogP contribution in [0, 0.1) is 5.82 Å². The van der Waals surface area contributed by atoms with Gasteiger partial charge in [-0.3, -0.25) is 4.79 Å². The number of Topliss-reactive ketones (excluding diaryl/α,β-unsaturated/α-hetero) is 1. The van der Waals surface area contributed by atoms with Crippen molar-refractivity contribution in [1.82, 2.24) is 0 Å². The van der Waals surface area contributed by atoms with Crippen molar-refractivity contribution in [1.29, 1.82) is 0 Å². The predicted octanol–water partition coefficient (Wildman–Crippen LogP) is 3.71. The third-order valence-electron chi connectivity index (χ3n) is 2.75. The Kier molecular flexibility index (Phi) is 3.27. The molecule has 0 amide bonds. The lowest BCUT2D eigenvalue weighted by atomic mass is 10.1. The monoisotopic (exact) mass is 306 g/mol. The van der Waals surface area contributed by atoms with E-state index >= 15 is 0 Å². The minimum Gasteiger partial charge on any atom is -0.475 e. The summed E-state index contributed by atoms with van der Waals surface area (Å²) in [6.45, 7) is 0. The second-order valence-corrected chi connectivity index (χ2v) is 6.26. The lowest BCUT2D eigenvalue weighted by Crippen LogP contribution is -2.12. The van der Waals surface area contributed by atoms with Gasteiger partial charge in [-0.2, -0.15) is 0 Å². The third kappa shape index (κ3) is 2.32. The average Bonchev–Trinajstić information content (AvgIpc) is 2.43. The van der Waals surface area contributed by atoms with Crippen LogP contribution >= 0.6 is 23.5 Å². The quantitative estimate of drug-likeness (QED) is 0.578. The van der Waals surface area contributed by atoms with Gasteiger partial charge in [0.15, 0.2) is 0 Å². The first kappa shape index (κ1) is 13.2. The van der Waals surface area contributed by atoms with E-state index in [9.17, 15) is 14.0 Å². The topological polar surface area (TPSA) is 54.4 Å². The van der Waals surface area contributed by atoms with Crippen LogP contribution in [0.15, 0.2) is 56.0 Å². The Labute approximate surface area is 122 Å². The highest BCUT2D eigenvalue weighted by atomic mass is 32.2. The van der Waals surface area contributed by atoms with Gasteiger partial charge in [0, 0.05) is 25.1 Å². The molecular weight excluding hydrogens is 299 g/mol. The molecular formula is C14H7FO3S2. The maximum absolute atomic E-state index is 13.2. The summed E-state index contributed by atoms with van der Waals surface area (Å²) < 4.78 is 13.2. The molecule has 6 heteroatoms. The Balaban J connectivity index is 2.01. The van der Waals surface area contributed by atoms with E-state index in [0.29, 0.717) is 0 Å². The van der Waals surface area contributed by atoms with Crippen molar-refractivity contribution in [3.05, 3.63) is 47.8 Å². The largest absolute Gasteiger partial charge is 0.475 e. The molecule has 0 atom stereocenters. The number of hydrogen-bond donors (Lipinski definition) is 1. The summed E-state index contributed by atoms with van der Waals surface area (Å²) in [6.07, 6.45) is 0. The van der Waals surface area contributed by atoms with E-state index in [1.165, 1.54) is 47.8 Å². The Morgan fingerprint density at radius 2 is 1.50 bits per heavy atom. The molecule has 3 nitrogen and oxygen atoms in total. The zero-order chi connectivity index (χ0) is 14.3. The van der Waals surface area contributed by atoms with Crippen LogP contribution in [0.3, 0.4) is 0 Å². The number of carboxylic acid groups (broad SMARTS) is 1. The van der Waals surface area contributed by atoms with E-state index in [-0.39, 0.29) is 11.4 Å². The van der Waals surface area contributed by atoms with Gasteiger partial charge in [-0.25, -0.2) is 9.18 Å². The molecule has 20 heavy (non-hydrogen) atoms. The number of carboxylic acids is 1. The second-order valence-electron chi connectivity index (χ2n) is 4.09. The van der Waals surface area contributed by atoms with Gasteiger partial charge in [0.25, 0.3) is 5.78 Å². The van der Waals surface area contributed by atoms with Crippen molar-refractivity contribution >= 4 is 35.3 Å². The molecule has 1 aliphatic rings. The molecule has 100 valence electrons. The van der Waals surface area contributed by atoms with E-state index < -0.39 is 11.8 Å². The van der Waals surface area contributed by atoms with Crippen molar-refractivity contribution in [2.75, 3.05) is 0 Å². The molecule has 0 spiro atoms. The highest BCUT2D eigenvalue weighted by Gasteiger charge is 2.21. The van der Waals surface area contributed by atoms with Crippen LogP contribution in [0.2, 0.25) is 0 Å². The van der Waals surface area contributed by atoms with Gasteiger partial charge < -0.3 is 5.11 Å². The molecule has 2 aromatic rings. The summed E-state index contributed by atoms with van der Waals surface area (Å²) in [5.74, 6) is -2.74. The highest BCUT2D eigenvalue weighted by Crippen LogP contribution is 2.48. The van der Waals surface area contributed by atoms with E-state index in [1.807, 2.05) is 0 Å². The smallest absolute Gasteiger partial charge is 0.377 e. The summed E-state index contributed by atoms with van der Waals surface area (Å²) in [5, 5.41) is 8.72. The predicted molar refractivity (Wildman–Crippen MR) is 73.1 cm³/mol. The molecule has 1 heterocycles. The number of ketones is 1. The van der Waals surface area contributed by atoms with Gasteiger partial charge in [0.1, 0.15) is 5.82 Å². The lowest BCUT2D eigenvalue weighted by Gasteiger charge is -2.18. The van der Waals surface area contributed by atoms with Gasteiger partial charge in [-0.15, -0.1) is 0 Å². The van der Waals surface area contributed by atoms with Gasteiger partial charge in [-0.1, -0.05) is 23.5 Å². The standard InChI is InChI=1S/C14H7FO3S2/c15-8-2-4-10-12(6-8)20-11-5-7(13(16)14(17)18)1-3-9(11)19-10/h1-6H,(H,17,18). The number of fused-ring (bicyclic) bond motifs is 2. The molecule has 1 aliphatic heterocycles. The van der Waals surface area contributed by atoms with Gasteiger partial charge in [0.2, 0.25) is 0 Å². The molecule has 0 aromatic heterocycles. The number of rotatable bonds is 2. The van der Waals surface area contributed by atoms with E-state index in [4.69, 9.17) is 5.11 Å². The maximum atomic E-state index is 13.2. The third-order valence-corrected chi connectivity index (χ3v) is 5.27. The number of carbonyl (C=O) groups excluding carboxylic acids is 1. The number of carbonyl (C=O) groups is 2. The van der Waals surface area contributed by atoms with E-state index in [0.717, 1.165) is 19.6 Å². The number of hydrogen-bond acceptors (Lipinski definition) is 4. The summed E-state index contributed by atoms with van der Waals surface area (Å²) in [5.41, 5.74) is 0.129. The van der Waals surface area contributed by atoms with Crippen LogP contribution in [0.4, 0.5) is 4.39 Å². The fourth-order valence-corrected chi connectivity index (χ4v) is 4.08. The number of halogens is 1. The first-order valence-corrected chi connectivity index (χ1v) is 7.25. The van der Waals surface area contributed by atoms with Crippen LogP contribution in [-0.4, -0.2) is 16.9 Å². The molecule has 0 aliphatic carbocycles. The molecule has 0 radical (unpaired) electrons. The molecule has 3 rings (SSSR count). The summed E-state index contributed by atoms with van der Waals surface area (Å²) in [6, 6.07) is 9.30. The molecule has 1 N–H and O–H groups in total. The zero-order valence-electron chi connectivity index (χ0n) is 9.92. The first-order valence-electron chi connectivity index (χ1n) is 5.61. The fourth-order valence-electron chi connectivity index (χ4n) is 1.82. The zero-order valence-corrected chi connectivity index (χ0v) is 11.6. The Hall–Kier alpha value is -1.79. The molecule has 0 bridgehead atoms. The Morgan fingerprint density at radius 3 is 2.20 bits per heavy atom. The summed E-state index contributed by atoms with van der Waals surface area (Å²) >= 11 is 2.81. The van der Waals surface area contributed by atoms with Crippen molar-refractivity contribution in [3.63, 3.8) is 0 Å². The van der Waals surface area contributed by atoms with E-state index in [1.54, 1.807) is 12.1 Å². The lowest BCUT2D eigenvalue weighted by molar-refractivity contribution is -0.131. The summed E-state index contributed by atoms with van der Waals surface area (Å²) in [7, 11) is 0. The van der Waals surface area contributed by atoms with Crippen molar-refractivity contribution < 1.29 is 19.1 Å². The Bertz CT molecular complexity index is 743. The minimum absolute atomic E-state index is 0.129. The van der Waals surface area contributed by atoms with Gasteiger partial charge >= 0.3 is 5.97 Å². The van der Waals surface area contributed by atoms with Crippen LogP contribution in [0.1, 0.15) is 10.4 Å². The summed E-state index contributed by atoms with van der Waals surface area (Å²) in [4.78, 5) is 25.6. The van der Waals surface area contributed by atoms with Crippen LogP contribution < -0.4 is 0 Å².